The Hall–Kier alpha value is -2.53. The van der Waals surface area contributed by atoms with Gasteiger partial charge in [-0.05, 0) is 55.3 Å². The second-order valence-electron chi connectivity index (χ2n) is 8.11. The number of carbonyl (C=O) groups is 1. The largest absolute Gasteiger partial charge is 0.362 e. The molecule has 1 amide bonds. The van der Waals surface area contributed by atoms with Gasteiger partial charge in [-0.1, -0.05) is 30.9 Å². The van der Waals surface area contributed by atoms with Gasteiger partial charge in [0.05, 0.1) is 17.6 Å². The molecule has 29 heavy (non-hydrogen) atoms. The molecule has 2 aromatic carbocycles. The predicted molar refractivity (Wildman–Crippen MR) is 117 cm³/mol. The number of nitrogens with one attached hydrogen (secondary N) is 1. The zero-order valence-corrected chi connectivity index (χ0v) is 17.2. The molecule has 5 rings (SSSR count). The molecule has 0 spiro atoms. The molecule has 6 heteroatoms. The van der Waals surface area contributed by atoms with Crippen molar-refractivity contribution in [3.63, 3.8) is 0 Å². The third-order valence-corrected chi connectivity index (χ3v) is 6.43. The lowest BCUT2D eigenvalue weighted by atomic mass is 9.88. The Morgan fingerprint density at radius 1 is 1.03 bits per heavy atom. The number of imidazole rings is 1. The van der Waals surface area contributed by atoms with E-state index in [1.54, 1.807) is 0 Å². The van der Waals surface area contributed by atoms with Crippen molar-refractivity contribution >= 4 is 39.9 Å². The third kappa shape index (κ3) is 3.71. The van der Waals surface area contributed by atoms with Crippen molar-refractivity contribution in [2.75, 3.05) is 16.8 Å². The van der Waals surface area contributed by atoms with Crippen LogP contribution in [0.2, 0.25) is 5.02 Å². The van der Waals surface area contributed by atoms with Gasteiger partial charge in [-0.25, -0.2) is 4.98 Å². The number of hydrogen-bond donors (Lipinski definition) is 1. The lowest BCUT2D eigenvalue weighted by Crippen LogP contribution is -2.33. The number of hydrogen-bond acceptors (Lipinski definition) is 3. The van der Waals surface area contributed by atoms with E-state index < -0.39 is 0 Å². The first-order valence-electron chi connectivity index (χ1n) is 10.5. The average Bonchev–Trinajstić information content (AvgIpc) is 3.11. The molecule has 0 saturated heterocycles. The van der Waals surface area contributed by atoms with Crippen LogP contribution in [0.5, 0.6) is 0 Å². The highest BCUT2D eigenvalue weighted by Crippen LogP contribution is 2.28. The molecule has 1 saturated carbocycles. The van der Waals surface area contributed by atoms with Crippen LogP contribution < -0.4 is 10.2 Å². The molecule has 2 heterocycles. The van der Waals surface area contributed by atoms with Crippen LogP contribution in [0, 0.1) is 5.92 Å². The fourth-order valence-electron chi connectivity index (χ4n) is 4.58. The van der Waals surface area contributed by atoms with Gasteiger partial charge in [0.2, 0.25) is 5.91 Å². The molecule has 3 aromatic rings. The van der Waals surface area contributed by atoms with Gasteiger partial charge in [0, 0.05) is 35.4 Å². The number of benzene rings is 2. The lowest BCUT2D eigenvalue weighted by molar-refractivity contribution is -0.120. The number of rotatable bonds is 3. The number of aromatic nitrogens is 2. The van der Waals surface area contributed by atoms with E-state index in [1.807, 2.05) is 30.3 Å². The standard InChI is InChI=1S/C23H25ClN4O/c24-17-6-11-21-20(14-17)26-22-15-27(12-13-28(21)22)19-9-7-18(8-10-19)25-23(29)16-4-2-1-3-5-16/h6-11,14,16H,1-5,12-13,15H2,(H,25,29). The van der Waals surface area contributed by atoms with Gasteiger partial charge in [0.15, 0.2) is 0 Å². The maximum absolute atomic E-state index is 12.5. The Morgan fingerprint density at radius 3 is 2.62 bits per heavy atom. The second kappa shape index (κ2) is 7.71. The van der Waals surface area contributed by atoms with Crippen molar-refractivity contribution in [1.29, 1.82) is 0 Å². The number of carbonyl (C=O) groups excluding carboxylic acids is 1. The molecular formula is C23H25ClN4O. The highest BCUT2D eigenvalue weighted by atomic mass is 35.5. The van der Waals surface area contributed by atoms with Crippen molar-refractivity contribution in [2.45, 2.75) is 45.2 Å². The van der Waals surface area contributed by atoms with Crippen LogP contribution in [-0.4, -0.2) is 22.0 Å². The topological polar surface area (TPSA) is 50.2 Å². The van der Waals surface area contributed by atoms with Crippen LogP contribution in [0.3, 0.4) is 0 Å². The summed E-state index contributed by atoms with van der Waals surface area (Å²) in [7, 11) is 0. The summed E-state index contributed by atoms with van der Waals surface area (Å²) in [6.45, 7) is 2.59. The zero-order chi connectivity index (χ0) is 19.8. The molecule has 1 aromatic heterocycles. The van der Waals surface area contributed by atoms with Gasteiger partial charge in [0.25, 0.3) is 0 Å². The summed E-state index contributed by atoms with van der Waals surface area (Å²) in [5.41, 5.74) is 4.13. The van der Waals surface area contributed by atoms with Crippen LogP contribution in [0.4, 0.5) is 11.4 Å². The predicted octanol–water partition coefficient (Wildman–Crippen LogP) is 5.23. The molecular weight excluding hydrogens is 384 g/mol. The summed E-state index contributed by atoms with van der Waals surface area (Å²) >= 11 is 6.12. The zero-order valence-electron chi connectivity index (χ0n) is 16.4. The van der Waals surface area contributed by atoms with Gasteiger partial charge in [0.1, 0.15) is 5.82 Å². The Kier molecular flexibility index (Phi) is 4.92. The van der Waals surface area contributed by atoms with Crippen molar-refractivity contribution in [1.82, 2.24) is 9.55 Å². The number of halogens is 1. The molecule has 2 aliphatic rings. The summed E-state index contributed by atoms with van der Waals surface area (Å²) in [5, 5.41) is 3.81. The van der Waals surface area contributed by atoms with E-state index >= 15 is 0 Å². The van der Waals surface area contributed by atoms with E-state index in [9.17, 15) is 4.79 Å². The molecule has 0 atom stereocenters. The highest BCUT2D eigenvalue weighted by molar-refractivity contribution is 6.31. The van der Waals surface area contributed by atoms with Gasteiger partial charge in [-0.2, -0.15) is 0 Å². The van der Waals surface area contributed by atoms with Crippen molar-refractivity contribution in [3.05, 3.63) is 53.3 Å². The molecule has 1 fully saturated rings. The second-order valence-corrected chi connectivity index (χ2v) is 8.54. The fourth-order valence-corrected chi connectivity index (χ4v) is 4.74. The molecule has 0 radical (unpaired) electrons. The summed E-state index contributed by atoms with van der Waals surface area (Å²) in [6, 6.07) is 14.1. The highest BCUT2D eigenvalue weighted by Gasteiger charge is 2.22. The van der Waals surface area contributed by atoms with Crippen LogP contribution in [0.25, 0.3) is 11.0 Å². The molecule has 1 aliphatic heterocycles. The SMILES string of the molecule is O=C(Nc1ccc(N2CCn3c(nc4cc(Cl)ccc43)C2)cc1)C1CCCCC1. The maximum atomic E-state index is 12.5. The minimum Gasteiger partial charge on any atom is -0.362 e. The van der Waals surface area contributed by atoms with Gasteiger partial charge in [-0.3, -0.25) is 4.79 Å². The monoisotopic (exact) mass is 408 g/mol. The van der Waals surface area contributed by atoms with E-state index in [4.69, 9.17) is 16.6 Å². The molecule has 0 bridgehead atoms. The Labute approximate surface area is 175 Å². The lowest BCUT2D eigenvalue weighted by Gasteiger charge is -2.30. The summed E-state index contributed by atoms with van der Waals surface area (Å²) in [4.78, 5) is 19.6. The Bertz CT molecular complexity index is 1040. The molecule has 5 nitrogen and oxygen atoms in total. The number of nitrogens with zero attached hydrogens (tertiary/aromatic N) is 3. The maximum Gasteiger partial charge on any atom is 0.227 e. The molecule has 1 N–H and O–H groups in total. The van der Waals surface area contributed by atoms with Crippen molar-refractivity contribution in [2.24, 2.45) is 5.92 Å². The van der Waals surface area contributed by atoms with E-state index in [2.05, 4.69) is 26.9 Å². The van der Waals surface area contributed by atoms with Crippen LogP contribution in [0.15, 0.2) is 42.5 Å². The normalized spacial score (nSPS) is 17.3. The summed E-state index contributed by atoms with van der Waals surface area (Å²) in [6.07, 6.45) is 5.63. The first-order chi connectivity index (χ1) is 14.2. The van der Waals surface area contributed by atoms with Gasteiger partial charge < -0.3 is 14.8 Å². The Morgan fingerprint density at radius 2 is 1.83 bits per heavy atom. The smallest absolute Gasteiger partial charge is 0.227 e. The van der Waals surface area contributed by atoms with Gasteiger partial charge >= 0.3 is 0 Å². The first kappa shape index (κ1) is 18.5. The average molecular weight is 409 g/mol. The van der Waals surface area contributed by atoms with Crippen molar-refractivity contribution in [3.8, 4) is 0 Å². The minimum atomic E-state index is 0.169. The Balaban J connectivity index is 1.28. The van der Waals surface area contributed by atoms with Crippen molar-refractivity contribution < 1.29 is 4.79 Å². The van der Waals surface area contributed by atoms with E-state index in [0.29, 0.717) is 0 Å². The van der Waals surface area contributed by atoms with Crippen LogP contribution in [0.1, 0.15) is 37.9 Å². The number of amides is 1. The number of fused-ring (bicyclic) bond motifs is 3. The van der Waals surface area contributed by atoms with E-state index in [1.165, 1.54) is 19.3 Å². The van der Waals surface area contributed by atoms with Crippen LogP contribution >= 0.6 is 11.6 Å². The van der Waals surface area contributed by atoms with Crippen LogP contribution in [-0.2, 0) is 17.9 Å². The summed E-state index contributed by atoms with van der Waals surface area (Å²) in [5.74, 6) is 1.40. The molecule has 1 aliphatic carbocycles. The van der Waals surface area contributed by atoms with Gasteiger partial charge in [-0.15, -0.1) is 0 Å². The molecule has 0 unspecified atom stereocenters. The third-order valence-electron chi connectivity index (χ3n) is 6.19. The number of anilines is 2. The minimum absolute atomic E-state index is 0.169. The molecule has 150 valence electrons. The quantitative estimate of drug-likeness (QED) is 0.645. The van der Waals surface area contributed by atoms with E-state index in [-0.39, 0.29) is 11.8 Å². The fraction of sp³-hybridized carbons (Fsp3) is 0.391. The van der Waals surface area contributed by atoms with E-state index in [0.717, 1.165) is 65.7 Å². The summed E-state index contributed by atoms with van der Waals surface area (Å²) < 4.78 is 2.28. The first-order valence-corrected chi connectivity index (χ1v) is 10.9.